The number of hydrogen-bond acceptors (Lipinski definition) is 3. The van der Waals surface area contributed by atoms with Gasteiger partial charge in [0.05, 0.1) is 0 Å². The van der Waals surface area contributed by atoms with Gasteiger partial charge < -0.3 is 10.2 Å². The summed E-state index contributed by atoms with van der Waals surface area (Å²) in [6.45, 7) is 16.5. The van der Waals surface area contributed by atoms with Gasteiger partial charge in [-0.25, -0.2) is 0 Å². The largest absolute Gasteiger partial charge is 0.315 e. The van der Waals surface area contributed by atoms with Crippen LogP contribution < -0.4 is 5.32 Å². The van der Waals surface area contributed by atoms with Crippen molar-refractivity contribution in [1.82, 2.24) is 15.1 Å². The molecule has 0 aliphatic carbocycles. The highest BCUT2D eigenvalue weighted by molar-refractivity contribution is 4.78. The Bertz CT molecular complexity index is 194. The summed E-state index contributed by atoms with van der Waals surface area (Å²) in [4.78, 5) is 5.21. The van der Waals surface area contributed by atoms with Crippen molar-refractivity contribution in [1.29, 1.82) is 0 Å². The molecule has 17 heavy (non-hydrogen) atoms. The molecule has 1 unspecified atom stereocenters. The van der Waals surface area contributed by atoms with Crippen LogP contribution in [0.5, 0.6) is 0 Å². The highest BCUT2D eigenvalue weighted by Gasteiger charge is 2.21. The normalized spacial score (nSPS) is 23.5. The molecule has 0 radical (unpaired) electrons. The van der Waals surface area contributed by atoms with Gasteiger partial charge in [0.2, 0.25) is 0 Å². The Morgan fingerprint density at radius 2 is 2.00 bits per heavy atom. The highest BCUT2D eigenvalue weighted by Crippen LogP contribution is 2.09. The summed E-state index contributed by atoms with van der Waals surface area (Å²) in [5, 5.41) is 3.48. The van der Waals surface area contributed by atoms with Crippen molar-refractivity contribution in [2.75, 3.05) is 39.3 Å². The molecule has 3 nitrogen and oxygen atoms in total. The molecule has 102 valence electrons. The van der Waals surface area contributed by atoms with Gasteiger partial charge in [0.15, 0.2) is 0 Å². The van der Waals surface area contributed by atoms with Gasteiger partial charge in [-0.1, -0.05) is 20.8 Å². The van der Waals surface area contributed by atoms with Crippen LogP contribution in [0.1, 0.15) is 40.5 Å². The van der Waals surface area contributed by atoms with Crippen LogP contribution in [-0.4, -0.2) is 61.2 Å². The van der Waals surface area contributed by atoms with E-state index in [0.29, 0.717) is 6.04 Å². The third kappa shape index (κ3) is 5.84. The number of likely N-dealkylation sites (N-methyl/N-ethyl adjacent to an activating group) is 1. The Labute approximate surface area is 108 Å². The summed E-state index contributed by atoms with van der Waals surface area (Å²) in [5.74, 6) is 0. The highest BCUT2D eigenvalue weighted by atomic mass is 15.3. The summed E-state index contributed by atoms with van der Waals surface area (Å²) in [5.41, 5.74) is 0. The van der Waals surface area contributed by atoms with Gasteiger partial charge in [0.1, 0.15) is 0 Å². The second-order valence-corrected chi connectivity index (χ2v) is 5.59. The first kappa shape index (κ1) is 14.9. The molecular formula is C14H31N3. The van der Waals surface area contributed by atoms with Gasteiger partial charge in [-0.05, 0) is 39.4 Å². The number of unbranched alkanes of at least 4 members (excludes halogenated alkanes) is 1. The van der Waals surface area contributed by atoms with Crippen LogP contribution in [0.2, 0.25) is 0 Å². The number of rotatable bonds is 7. The zero-order valence-electron chi connectivity index (χ0n) is 12.2. The molecule has 1 aliphatic rings. The topological polar surface area (TPSA) is 18.5 Å². The van der Waals surface area contributed by atoms with Crippen LogP contribution in [0, 0.1) is 0 Å². The maximum Gasteiger partial charge on any atom is 0.0195 e. The van der Waals surface area contributed by atoms with Crippen molar-refractivity contribution in [3.05, 3.63) is 0 Å². The zero-order chi connectivity index (χ0) is 12.7. The molecule has 0 amide bonds. The fraction of sp³-hybridized carbons (Fsp3) is 1.00. The van der Waals surface area contributed by atoms with Crippen LogP contribution in [-0.2, 0) is 0 Å². The first-order valence-corrected chi connectivity index (χ1v) is 7.33. The first-order chi connectivity index (χ1) is 8.13. The smallest absolute Gasteiger partial charge is 0.0195 e. The second-order valence-electron chi connectivity index (χ2n) is 5.59. The maximum absolute atomic E-state index is 3.48. The van der Waals surface area contributed by atoms with E-state index >= 15 is 0 Å². The summed E-state index contributed by atoms with van der Waals surface area (Å²) >= 11 is 0. The van der Waals surface area contributed by atoms with Gasteiger partial charge in [-0.15, -0.1) is 0 Å². The van der Waals surface area contributed by atoms with Gasteiger partial charge in [-0.2, -0.15) is 0 Å². The summed E-state index contributed by atoms with van der Waals surface area (Å²) in [7, 11) is 0. The summed E-state index contributed by atoms with van der Waals surface area (Å²) < 4.78 is 0. The van der Waals surface area contributed by atoms with Crippen molar-refractivity contribution in [2.45, 2.75) is 52.6 Å². The molecule has 0 aromatic rings. The molecule has 1 heterocycles. The molecule has 1 atom stereocenters. The molecular weight excluding hydrogens is 210 g/mol. The first-order valence-electron chi connectivity index (χ1n) is 7.33. The SMILES string of the molecule is CCN1CCN(CCCCNC(C)C)CC1C. The van der Waals surface area contributed by atoms with Gasteiger partial charge in [-0.3, -0.25) is 4.90 Å². The molecule has 1 N–H and O–H groups in total. The molecule has 0 aromatic heterocycles. The minimum atomic E-state index is 0.628. The van der Waals surface area contributed by atoms with Crippen LogP contribution in [0.25, 0.3) is 0 Å². The predicted molar refractivity (Wildman–Crippen MR) is 75.5 cm³/mol. The van der Waals surface area contributed by atoms with E-state index in [1.165, 1.54) is 52.1 Å². The van der Waals surface area contributed by atoms with Crippen LogP contribution in [0.15, 0.2) is 0 Å². The van der Waals surface area contributed by atoms with Crippen molar-refractivity contribution in [3.63, 3.8) is 0 Å². The molecule has 1 saturated heterocycles. The van der Waals surface area contributed by atoms with E-state index in [-0.39, 0.29) is 0 Å². The lowest BCUT2D eigenvalue weighted by Gasteiger charge is -2.39. The second kappa shape index (κ2) is 8.06. The molecule has 3 heteroatoms. The zero-order valence-corrected chi connectivity index (χ0v) is 12.2. The van der Waals surface area contributed by atoms with E-state index in [1.807, 2.05) is 0 Å². The Balaban J connectivity index is 2.05. The fourth-order valence-electron chi connectivity index (χ4n) is 2.59. The minimum absolute atomic E-state index is 0.628. The predicted octanol–water partition coefficient (Wildman–Crippen LogP) is 1.79. The number of nitrogens with zero attached hydrogens (tertiary/aromatic N) is 2. The lowest BCUT2D eigenvalue weighted by atomic mass is 10.1. The third-order valence-corrected chi connectivity index (χ3v) is 3.71. The van der Waals surface area contributed by atoms with E-state index in [2.05, 4.69) is 42.8 Å². The van der Waals surface area contributed by atoms with Gasteiger partial charge >= 0.3 is 0 Å². The molecule has 0 bridgehead atoms. The van der Waals surface area contributed by atoms with Crippen molar-refractivity contribution in [2.24, 2.45) is 0 Å². The maximum atomic E-state index is 3.48. The Kier molecular flexibility index (Phi) is 7.09. The van der Waals surface area contributed by atoms with Gasteiger partial charge in [0, 0.05) is 31.7 Å². The Morgan fingerprint density at radius 1 is 1.24 bits per heavy atom. The van der Waals surface area contributed by atoms with E-state index < -0.39 is 0 Å². The molecule has 1 rings (SSSR count). The lowest BCUT2D eigenvalue weighted by molar-refractivity contribution is 0.0870. The minimum Gasteiger partial charge on any atom is -0.315 e. The monoisotopic (exact) mass is 241 g/mol. The lowest BCUT2D eigenvalue weighted by Crippen LogP contribution is -2.51. The molecule has 0 spiro atoms. The molecule has 0 saturated carbocycles. The number of nitrogens with one attached hydrogen (secondary N) is 1. The molecule has 1 aliphatic heterocycles. The van der Waals surface area contributed by atoms with E-state index in [9.17, 15) is 0 Å². The van der Waals surface area contributed by atoms with Crippen molar-refractivity contribution in [3.8, 4) is 0 Å². The average molecular weight is 241 g/mol. The van der Waals surface area contributed by atoms with E-state index in [0.717, 1.165) is 6.04 Å². The Hall–Kier alpha value is -0.120. The quantitative estimate of drug-likeness (QED) is 0.686. The average Bonchev–Trinajstić information content (AvgIpc) is 2.28. The van der Waals surface area contributed by atoms with E-state index in [4.69, 9.17) is 0 Å². The Morgan fingerprint density at radius 3 is 2.59 bits per heavy atom. The van der Waals surface area contributed by atoms with Crippen LogP contribution >= 0.6 is 0 Å². The fourth-order valence-corrected chi connectivity index (χ4v) is 2.59. The van der Waals surface area contributed by atoms with E-state index in [1.54, 1.807) is 0 Å². The van der Waals surface area contributed by atoms with Crippen LogP contribution in [0.4, 0.5) is 0 Å². The van der Waals surface area contributed by atoms with Crippen molar-refractivity contribution < 1.29 is 0 Å². The van der Waals surface area contributed by atoms with Crippen molar-refractivity contribution >= 4 is 0 Å². The standard InChI is InChI=1S/C14H31N3/c1-5-17-11-10-16(12-14(17)4)9-7-6-8-15-13(2)3/h13-15H,5-12H2,1-4H3. The number of hydrogen-bond donors (Lipinski definition) is 1. The summed E-state index contributed by atoms with van der Waals surface area (Å²) in [6.07, 6.45) is 2.64. The third-order valence-electron chi connectivity index (χ3n) is 3.71. The summed E-state index contributed by atoms with van der Waals surface area (Å²) in [6, 6.07) is 1.37. The van der Waals surface area contributed by atoms with Gasteiger partial charge in [0.25, 0.3) is 0 Å². The van der Waals surface area contributed by atoms with Crippen LogP contribution in [0.3, 0.4) is 0 Å². The number of piperazine rings is 1. The molecule has 1 fully saturated rings. The molecule has 0 aromatic carbocycles.